The van der Waals surface area contributed by atoms with Crippen LogP contribution in [0.15, 0.2) is 59.6 Å². The van der Waals surface area contributed by atoms with Crippen LogP contribution in [0, 0.1) is 5.41 Å². The SMILES string of the molecule is CCNC(=NCc1cccc(COc2ccccc2)c1)NCC1(CCO)CCOC1. The summed E-state index contributed by atoms with van der Waals surface area (Å²) < 4.78 is 11.4. The number of aliphatic hydroxyl groups is 1. The molecule has 2 aromatic carbocycles. The Balaban J connectivity index is 1.57. The van der Waals surface area contributed by atoms with E-state index in [9.17, 15) is 5.11 Å². The molecule has 30 heavy (non-hydrogen) atoms. The van der Waals surface area contributed by atoms with Gasteiger partial charge in [-0.25, -0.2) is 4.99 Å². The summed E-state index contributed by atoms with van der Waals surface area (Å²) in [4.78, 5) is 4.75. The zero-order valence-electron chi connectivity index (χ0n) is 17.8. The number of nitrogens with one attached hydrogen (secondary N) is 2. The number of aliphatic hydroxyl groups excluding tert-OH is 1. The van der Waals surface area contributed by atoms with E-state index >= 15 is 0 Å². The smallest absolute Gasteiger partial charge is 0.191 e. The molecule has 1 aliphatic rings. The fourth-order valence-corrected chi connectivity index (χ4v) is 3.60. The van der Waals surface area contributed by atoms with Crippen LogP contribution in [0.4, 0.5) is 0 Å². The van der Waals surface area contributed by atoms with Crippen molar-refractivity contribution in [3.8, 4) is 5.75 Å². The van der Waals surface area contributed by atoms with Crippen molar-refractivity contribution in [2.75, 3.05) is 32.9 Å². The molecule has 6 nitrogen and oxygen atoms in total. The van der Waals surface area contributed by atoms with Crippen molar-refractivity contribution in [3.63, 3.8) is 0 Å². The summed E-state index contributed by atoms with van der Waals surface area (Å²) in [7, 11) is 0. The number of hydrogen-bond donors (Lipinski definition) is 3. The van der Waals surface area contributed by atoms with Crippen molar-refractivity contribution < 1.29 is 14.6 Å². The third kappa shape index (κ3) is 6.75. The van der Waals surface area contributed by atoms with Crippen LogP contribution in [0.5, 0.6) is 5.75 Å². The lowest BCUT2D eigenvalue weighted by molar-refractivity contribution is 0.127. The van der Waals surface area contributed by atoms with Crippen molar-refractivity contribution in [1.82, 2.24) is 10.6 Å². The minimum Gasteiger partial charge on any atom is -0.489 e. The van der Waals surface area contributed by atoms with E-state index in [4.69, 9.17) is 14.5 Å². The molecule has 1 saturated heterocycles. The van der Waals surface area contributed by atoms with Gasteiger partial charge in [0.1, 0.15) is 12.4 Å². The van der Waals surface area contributed by atoms with Crippen LogP contribution in [0.25, 0.3) is 0 Å². The average Bonchev–Trinajstić information content (AvgIpc) is 3.24. The molecule has 1 heterocycles. The molecule has 0 saturated carbocycles. The van der Waals surface area contributed by atoms with Crippen LogP contribution in [0.3, 0.4) is 0 Å². The molecule has 0 bridgehead atoms. The quantitative estimate of drug-likeness (QED) is 0.414. The molecule has 2 aromatic rings. The van der Waals surface area contributed by atoms with E-state index in [1.54, 1.807) is 0 Å². The third-order valence-electron chi connectivity index (χ3n) is 5.36. The second-order valence-corrected chi connectivity index (χ2v) is 7.75. The predicted molar refractivity (Wildman–Crippen MR) is 120 cm³/mol. The van der Waals surface area contributed by atoms with Crippen molar-refractivity contribution in [1.29, 1.82) is 0 Å². The van der Waals surface area contributed by atoms with Gasteiger partial charge in [0.15, 0.2) is 5.96 Å². The summed E-state index contributed by atoms with van der Waals surface area (Å²) >= 11 is 0. The predicted octanol–water partition coefficient (Wildman–Crippen LogP) is 3.11. The molecule has 0 aliphatic carbocycles. The molecule has 1 atom stereocenters. The summed E-state index contributed by atoms with van der Waals surface area (Å²) in [6.07, 6.45) is 1.70. The topological polar surface area (TPSA) is 75.1 Å². The average molecular weight is 412 g/mol. The highest BCUT2D eigenvalue weighted by Gasteiger charge is 2.34. The maximum absolute atomic E-state index is 9.42. The molecule has 162 valence electrons. The van der Waals surface area contributed by atoms with Crippen LogP contribution in [0.2, 0.25) is 0 Å². The zero-order chi connectivity index (χ0) is 21.1. The molecular weight excluding hydrogens is 378 g/mol. The van der Waals surface area contributed by atoms with Gasteiger partial charge in [-0.2, -0.15) is 0 Å². The summed E-state index contributed by atoms with van der Waals surface area (Å²) in [6, 6.07) is 18.2. The van der Waals surface area contributed by atoms with Crippen molar-refractivity contribution in [3.05, 3.63) is 65.7 Å². The van der Waals surface area contributed by atoms with Gasteiger partial charge in [0.05, 0.1) is 13.2 Å². The largest absolute Gasteiger partial charge is 0.489 e. The standard InChI is InChI=1S/C24H33N3O3/c1-2-25-23(27-18-24(11-13-28)12-14-29-19-24)26-16-20-7-6-8-21(15-20)17-30-22-9-4-3-5-10-22/h3-10,15,28H,2,11-14,16-19H2,1H3,(H2,25,26,27). The second kappa shape index (κ2) is 11.6. The van der Waals surface area contributed by atoms with Gasteiger partial charge in [0.25, 0.3) is 0 Å². The number of hydrogen-bond acceptors (Lipinski definition) is 4. The van der Waals surface area contributed by atoms with Crippen molar-refractivity contribution in [2.45, 2.75) is 32.9 Å². The summed E-state index contributed by atoms with van der Waals surface area (Å²) in [5, 5.41) is 16.2. The second-order valence-electron chi connectivity index (χ2n) is 7.75. The first-order valence-electron chi connectivity index (χ1n) is 10.7. The molecule has 3 rings (SSSR count). The molecular formula is C24H33N3O3. The minimum atomic E-state index is -0.0143. The van der Waals surface area contributed by atoms with E-state index in [1.807, 2.05) is 36.4 Å². The van der Waals surface area contributed by atoms with Crippen LogP contribution in [-0.2, 0) is 17.9 Å². The van der Waals surface area contributed by atoms with Gasteiger partial charge < -0.3 is 25.2 Å². The number of para-hydroxylation sites is 1. The van der Waals surface area contributed by atoms with Gasteiger partial charge in [-0.3, -0.25) is 0 Å². The maximum Gasteiger partial charge on any atom is 0.191 e. The number of guanidine groups is 1. The van der Waals surface area contributed by atoms with Gasteiger partial charge >= 0.3 is 0 Å². The number of rotatable bonds is 10. The Morgan fingerprint density at radius 1 is 1.13 bits per heavy atom. The number of ether oxygens (including phenoxy) is 2. The molecule has 0 spiro atoms. The normalized spacial score (nSPS) is 18.9. The maximum atomic E-state index is 9.42. The fraction of sp³-hybridized carbons (Fsp3) is 0.458. The Hall–Kier alpha value is -2.57. The van der Waals surface area contributed by atoms with E-state index < -0.39 is 0 Å². The Morgan fingerprint density at radius 2 is 1.97 bits per heavy atom. The van der Waals surface area contributed by atoms with Crippen LogP contribution in [0.1, 0.15) is 30.9 Å². The van der Waals surface area contributed by atoms with E-state index in [0.717, 1.165) is 55.4 Å². The fourth-order valence-electron chi connectivity index (χ4n) is 3.60. The summed E-state index contributed by atoms with van der Waals surface area (Å²) in [5.41, 5.74) is 2.24. The number of nitrogens with zero attached hydrogens (tertiary/aromatic N) is 1. The Labute approximate surface area is 179 Å². The third-order valence-corrected chi connectivity index (χ3v) is 5.36. The highest BCUT2D eigenvalue weighted by molar-refractivity contribution is 5.79. The Bertz CT molecular complexity index is 789. The summed E-state index contributed by atoms with van der Waals surface area (Å²) in [6.45, 7) is 6.32. The summed E-state index contributed by atoms with van der Waals surface area (Å²) in [5.74, 6) is 1.65. The van der Waals surface area contributed by atoms with Crippen LogP contribution < -0.4 is 15.4 Å². The first kappa shape index (κ1) is 22.1. The number of benzene rings is 2. The van der Waals surface area contributed by atoms with E-state index in [1.165, 1.54) is 0 Å². The first-order valence-corrected chi connectivity index (χ1v) is 10.7. The lowest BCUT2D eigenvalue weighted by Gasteiger charge is -2.27. The lowest BCUT2D eigenvalue weighted by atomic mass is 9.84. The number of aliphatic imine (C=N–C) groups is 1. The highest BCUT2D eigenvalue weighted by atomic mass is 16.5. The van der Waals surface area contributed by atoms with Gasteiger partial charge in [-0.15, -0.1) is 0 Å². The molecule has 0 amide bonds. The highest BCUT2D eigenvalue weighted by Crippen LogP contribution is 2.31. The zero-order valence-corrected chi connectivity index (χ0v) is 17.8. The van der Waals surface area contributed by atoms with Gasteiger partial charge in [0, 0.05) is 31.7 Å². The van der Waals surface area contributed by atoms with Crippen LogP contribution >= 0.6 is 0 Å². The van der Waals surface area contributed by atoms with Crippen molar-refractivity contribution in [2.24, 2.45) is 10.4 Å². The molecule has 1 fully saturated rings. The van der Waals surface area contributed by atoms with E-state index in [2.05, 4.69) is 35.8 Å². The minimum absolute atomic E-state index is 0.0143. The van der Waals surface area contributed by atoms with Crippen LogP contribution in [-0.4, -0.2) is 44.0 Å². The monoisotopic (exact) mass is 411 g/mol. The van der Waals surface area contributed by atoms with Crippen molar-refractivity contribution >= 4 is 5.96 Å². The molecule has 0 radical (unpaired) electrons. The van der Waals surface area contributed by atoms with E-state index in [0.29, 0.717) is 19.8 Å². The lowest BCUT2D eigenvalue weighted by Crippen LogP contribution is -2.44. The molecule has 1 unspecified atom stereocenters. The van der Waals surface area contributed by atoms with Gasteiger partial charge in [-0.1, -0.05) is 42.5 Å². The molecule has 3 N–H and O–H groups in total. The first-order chi connectivity index (χ1) is 14.7. The van der Waals surface area contributed by atoms with Gasteiger partial charge in [0.2, 0.25) is 0 Å². The van der Waals surface area contributed by atoms with Gasteiger partial charge in [-0.05, 0) is 43.0 Å². The van der Waals surface area contributed by atoms with E-state index in [-0.39, 0.29) is 12.0 Å². The Morgan fingerprint density at radius 3 is 2.70 bits per heavy atom. The molecule has 6 heteroatoms. The Kier molecular flexibility index (Phi) is 8.53. The molecule has 0 aromatic heterocycles. The molecule has 1 aliphatic heterocycles.